The first kappa shape index (κ1) is 13.1. The summed E-state index contributed by atoms with van der Waals surface area (Å²) in [6.07, 6.45) is 2.54. The van der Waals surface area contributed by atoms with E-state index in [1.54, 1.807) is 0 Å². The molecule has 3 atom stereocenters. The molecule has 3 rings (SSSR count). The van der Waals surface area contributed by atoms with Crippen LogP contribution in [0.3, 0.4) is 0 Å². The predicted octanol–water partition coefficient (Wildman–Crippen LogP) is 3.14. The van der Waals surface area contributed by atoms with Crippen LogP contribution in [0.15, 0.2) is 16.5 Å². The van der Waals surface area contributed by atoms with Crippen LogP contribution in [0.2, 0.25) is 0 Å². The molecule has 1 fully saturated rings. The first-order valence-corrected chi connectivity index (χ1v) is 7.05. The summed E-state index contributed by atoms with van der Waals surface area (Å²) in [5.74, 6) is -0.314. The van der Waals surface area contributed by atoms with Gasteiger partial charge in [-0.1, -0.05) is 13.3 Å². The maximum atomic E-state index is 11.4. The average molecular weight is 274 g/mol. The van der Waals surface area contributed by atoms with Gasteiger partial charge in [0.25, 0.3) is 0 Å². The number of hydrogen-bond acceptors (Lipinski definition) is 4. The Morgan fingerprint density at radius 1 is 1.40 bits per heavy atom. The Labute approximate surface area is 117 Å². The Bertz CT molecular complexity index is 650. The number of hydrogen-bond donors (Lipinski definition) is 1. The topological polar surface area (TPSA) is 76.2 Å². The highest BCUT2D eigenvalue weighted by atomic mass is 16.4. The molecule has 0 aromatic carbocycles. The lowest BCUT2D eigenvalue weighted by molar-refractivity contribution is -0.142. The van der Waals surface area contributed by atoms with Gasteiger partial charge in [0, 0.05) is 11.6 Å². The van der Waals surface area contributed by atoms with E-state index in [0.717, 1.165) is 18.5 Å². The van der Waals surface area contributed by atoms with Gasteiger partial charge in [-0.3, -0.25) is 4.79 Å². The fraction of sp³-hybridized carbons (Fsp3) is 0.533. The highest BCUT2D eigenvalue weighted by Crippen LogP contribution is 2.44. The number of oxazole rings is 1. The van der Waals surface area contributed by atoms with E-state index in [1.165, 1.54) is 0 Å². The first-order valence-electron chi connectivity index (χ1n) is 7.05. The van der Waals surface area contributed by atoms with Crippen LogP contribution >= 0.6 is 0 Å². The van der Waals surface area contributed by atoms with E-state index in [9.17, 15) is 9.90 Å². The summed E-state index contributed by atoms with van der Waals surface area (Å²) in [6, 6.07) is 3.71. The maximum absolute atomic E-state index is 11.4. The van der Waals surface area contributed by atoms with Crippen LogP contribution in [0.25, 0.3) is 11.2 Å². The smallest absolute Gasteiger partial charge is 0.307 e. The molecule has 3 unspecified atom stereocenters. The minimum atomic E-state index is -0.752. The van der Waals surface area contributed by atoms with Crippen molar-refractivity contribution in [2.24, 2.45) is 11.8 Å². The van der Waals surface area contributed by atoms with Crippen LogP contribution in [0, 0.1) is 18.8 Å². The largest absolute Gasteiger partial charge is 0.481 e. The zero-order valence-corrected chi connectivity index (χ0v) is 11.7. The molecule has 2 aromatic heterocycles. The third-order valence-corrected chi connectivity index (χ3v) is 4.28. The van der Waals surface area contributed by atoms with Crippen molar-refractivity contribution in [1.29, 1.82) is 0 Å². The Morgan fingerprint density at radius 2 is 2.20 bits per heavy atom. The molecule has 0 aliphatic heterocycles. The van der Waals surface area contributed by atoms with Crippen molar-refractivity contribution < 1.29 is 14.3 Å². The van der Waals surface area contributed by atoms with Gasteiger partial charge in [-0.2, -0.15) is 4.98 Å². The van der Waals surface area contributed by atoms with Gasteiger partial charge in [0.1, 0.15) is 0 Å². The molecule has 1 aliphatic rings. The number of carboxylic acid groups (broad SMARTS) is 1. The molecule has 0 spiro atoms. The zero-order chi connectivity index (χ0) is 14.3. The predicted molar refractivity (Wildman–Crippen MR) is 73.4 cm³/mol. The van der Waals surface area contributed by atoms with Crippen LogP contribution < -0.4 is 0 Å². The van der Waals surface area contributed by atoms with Gasteiger partial charge in [0.2, 0.25) is 5.89 Å². The first-order chi connectivity index (χ1) is 9.58. The minimum absolute atomic E-state index is 0.132. The summed E-state index contributed by atoms with van der Waals surface area (Å²) in [4.78, 5) is 20.2. The highest BCUT2D eigenvalue weighted by molar-refractivity contribution is 5.72. The molecule has 1 N–H and O–H groups in total. The van der Waals surface area contributed by atoms with Crippen molar-refractivity contribution in [3.63, 3.8) is 0 Å². The molecular formula is C15H18N2O3. The lowest BCUT2D eigenvalue weighted by Crippen LogP contribution is -2.17. The van der Waals surface area contributed by atoms with Crippen LogP contribution in [0.5, 0.6) is 0 Å². The molecular weight excluding hydrogens is 256 g/mol. The monoisotopic (exact) mass is 274 g/mol. The summed E-state index contributed by atoms with van der Waals surface area (Å²) in [5, 5.41) is 9.39. The molecule has 5 heteroatoms. The lowest BCUT2D eigenvalue weighted by Gasteiger charge is -2.10. The Balaban J connectivity index is 1.98. The Hall–Kier alpha value is -1.91. The SMILES string of the molecule is CCC1CC(C(=O)O)C(c2nc3nc(C)ccc3o2)C1. The summed E-state index contributed by atoms with van der Waals surface area (Å²) in [7, 11) is 0. The molecule has 0 radical (unpaired) electrons. The summed E-state index contributed by atoms with van der Waals surface area (Å²) in [6.45, 7) is 4.00. The fourth-order valence-electron chi connectivity index (χ4n) is 3.11. The molecule has 0 saturated heterocycles. The van der Waals surface area contributed by atoms with Crippen molar-refractivity contribution in [2.75, 3.05) is 0 Å². The number of fused-ring (bicyclic) bond motifs is 1. The summed E-state index contributed by atoms with van der Waals surface area (Å²) < 4.78 is 5.74. The van der Waals surface area contributed by atoms with Crippen molar-refractivity contribution in [3.8, 4) is 0 Å². The molecule has 0 bridgehead atoms. The molecule has 2 aromatic rings. The van der Waals surface area contributed by atoms with Gasteiger partial charge in [-0.05, 0) is 37.8 Å². The zero-order valence-electron chi connectivity index (χ0n) is 11.7. The van der Waals surface area contributed by atoms with Crippen LogP contribution in [-0.4, -0.2) is 21.0 Å². The van der Waals surface area contributed by atoms with Gasteiger partial charge < -0.3 is 9.52 Å². The fourth-order valence-corrected chi connectivity index (χ4v) is 3.11. The van der Waals surface area contributed by atoms with Crippen molar-refractivity contribution in [1.82, 2.24) is 9.97 Å². The Morgan fingerprint density at radius 3 is 2.90 bits per heavy atom. The lowest BCUT2D eigenvalue weighted by atomic mass is 9.96. The average Bonchev–Trinajstić information content (AvgIpc) is 3.00. The minimum Gasteiger partial charge on any atom is -0.481 e. The number of carboxylic acids is 1. The molecule has 2 heterocycles. The van der Waals surface area contributed by atoms with Gasteiger partial charge in [-0.25, -0.2) is 4.98 Å². The van der Waals surface area contributed by atoms with E-state index in [2.05, 4.69) is 16.9 Å². The number of carbonyl (C=O) groups is 1. The number of pyridine rings is 1. The summed E-state index contributed by atoms with van der Waals surface area (Å²) in [5.41, 5.74) is 2.09. The molecule has 1 saturated carbocycles. The highest BCUT2D eigenvalue weighted by Gasteiger charge is 2.41. The van der Waals surface area contributed by atoms with E-state index in [-0.39, 0.29) is 5.92 Å². The maximum Gasteiger partial charge on any atom is 0.307 e. The van der Waals surface area contributed by atoms with E-state index in [4.69, 9.17) is 4.42 Å². The molecule has 0 amide bonds. The number of aryl methyl sites for hydroxylation is 1. The number of nitrogens with zero attached hydrogens (tertiary/aromatic N) is 2. The van der Waals surface area contributed by atoms with E-state index in [1.807, 2.05) is 19.1 Å². The van der Waals surface area contributed by atoms with Crippen molar-refractivity contribution in [3.05, 3.63) is 23.7 Å². The molecule has 106 valence electrons. The van der Waals surface area contributed by atoms with Gasteiger partial charge in [0.05, 0.1) is 5.92 Å². The molecule has 5 nitrogen and oxygen atoms in total. The van der Waals surface area contributed by atoms with Crippen molar-refractivity contribution in [2.45, 2.75) is 39.0 Å². The second-order valence-electron chi connectivity index (χ2n) is 5.62. The molecule has 20 heavy (non-hydrogen) atoms. The number of aromatic nitrogens is 2. The molecule has 1 aliphatic carbocycles. The Kier molecular flexibility index (Phi) is 3.20. The second-order valence-corrected chi connectivity index (χ2v) is 5.62. The standard InChI is InChI=1S/C15H18N2O3/c1-3-9-6-10(11(7-9)15(18)19)14-17-13-12(20-14)5-4-8(2)16-13/h4-5,9-11H,3,6-7H2,1-2H3,(H,18,19). The van der Waals surface area contributed by atoms with Gasteiger partial charge in [-0.15, -0.1) is 0 Å². The quantitative estimate of drug-likeness (QED) is 0.930. The second kappa shape index (κ2) is 4.89. The van der Waals surface area contributed by atoms with Crippen LogP contribution in [0.4, 0.5) is 0 Å². The van der Waals surface area contributed by atoms with Gasteiger partial charge in [0.15, 0.2) is 11.2 Å². The van der Waals surface area contributed by atoms with Crippen LogP contribution in [0.1, 0.15) is 43.7 Å². The van der Waals surface area contributed by atoms with E-state index < -0.39 is 11.9 Å². The van der Waals surface area contributed by atoms with E-state index in [0.29, 0.717) is 29.5 Å². The van der Waals surface area contributed by atoms with E-state index >= 15 is 0 Å². The number of aliphatic carboxylic acids is 1. The third kappa shape index (κ3) is 2.17. The normalized spacial score (nSPS) is 26.2. The van der Waals surface area contributed by atoms with Gasteiger partial charge >= 0.3 is 5.97 Å². The summed E-state index contributed by atoms with van der Waals surface area (Å²) >= 11 is 0. The third-order valence-electron chi connectivity index (χ3n) is 4.28. The van der Waals surface area contributed by atoms with Crippen molar-refractivity contribution >= 4 is 17.2 Å². The van der Waals surface area contributed by atoms with Crippen LogP contribution in [-0.2, 0) is 4.79 Å². The number of rotatable bonds is 3.